The predicted molar refractivity (Wildman–Crippen MR) is 138 cm³/mol. The molecule has 4 aromatic rings. The summed E-state index contributed by atoms with van der Waals surface area (Å²) in [7, 11) is 0. The van der Waals surface area contributed by atoms with Crippen LogP contribution in [0.15, 0.2) is 103 Å². The molecule has 2 amide bonds. The minimum atomic E-state index is -4.52. The average Bonchev–Trinajstić information content (AvgIpc) is 2.92. The van der Waals surface area contributed by atoms with E-state index in [1.165, 1.54) is 24.3 Å². The normalized spacial score (nSPS) is 10.9. The molecule has 4 rings (SSSR count). The number of nitrogens with one attached hydrogen (secondary N) is 2. The number of carbonyl (C=O) groups is 2. The van der Waals surface area contributed by atoms with Crippen LogP contribution in [-0.2, 0) is 6.18 Å². The van der Waals surface area contributed by atoms with Gasteiger partial charge in [-0.25, -0.2) is 0 Å². The van der Waals surface area contributed by atoms with Gasteiger partial charge in [0.25, 0.3) is 11.8 Å². The van der Waals surface area contributed by atoms with Crippen molar-refractivity contribution < 1.29 is 32.2 Å². The van der Waals surface area contributed by atoms with Gasteiger partial charge in [0.1, 0.15) is 24.7 Å². The topological polar surface area (TPSA) is 76.7 Å². The molecule has 4 aromatic carbocycles. The highest BCUT2D eigenvalue weighted by atomic mass is 19.4. The van der Waals surface area contributed by atoms with E-state index in [0.717, 1.165) is 17.9 Å². The van der Waals surface area contributed by atoms with Crippen molar-refractivity contribution >= 4 is 23.2 Å². The molecule has 0 aliphatic rings. The molecule has 0 aliphatic carbocycles. The lowest BCUT2D eigenvalue weighted by molar-refractivity contribution is -0.137. The SMILES string of the molecule is O=C(Nc1cccc(C(=O)Nc2cccc(C(F)(F)F)c2)c1)c1ccc(OCCOc2ccccc2)cc1. The Morgan fingerprint density at radius 1 is 0.605 bits per heavy atom. The van der Waals surface area contributed by atoms with E-state index >= 15 is 0 Å². The number of alkyl halides is 3. The lowest BCUT2D eigenvalue weighted by Crippen LogP contribution is -2.15. The van der Waals surface area contributed by atoms with Crippen LogP contribution in [0.4, 0.5) is 24.5 Å². The lowest BCUT2D eigenvalue weighted by Gasteiger charge is -2.11. The summed E-state index contributed by atoms with van der Waals surface area (Å²) in [6.45, 7) is 0.694. The van der Waals surface area contributed by atoms with E-state index in [-0.39, 0.29) is 11.3 Å². The molecule has 0 fully saturated rings. The largest absolute Gasteiger partial charge is 0.490 e. The molecule has 2 N–H and O–H groups in total. The molecule has 0 saturated heterocycles. The highest BCUT2D eigenvalue weighted by Gasteiger charge is 2.30. The Kier molecular flexibility index (Phi) is 8.27. The molecule has 0 spiro atoms. The first-order chi connectivity index (χ1) is 18.3. The molecule has 0 bridgehead atoms. The lowest BCUT2D eigenvalue weighted by atomic mass is 10.1. The molecule has 0 aromatic heterocycles. The fourth-order valence-electron chi connectivity index (χ4n) is 3.46. The molecule has 6 nitrogen and oxygen atoms in total. The number of rotatable bonds is 9. The molecular formula is C29H23F3N2O4. The third kappa shape index (κ3) is 7.36. The van der Waals surface area contributed by atoms with E-state index < -0.39 is 23.6 Å². The highest BCUT2D eigenvalue weighted by Crippen LogP contribution is 2.30. The van der Waals surface area contributed by atoms with Gasteiger partial charge in [0.2, 0.25) is 0 Å². The zero-order valence-corrected chi connectivity index (χ0v) is 20.0. The van der Waals surface area contributed by atoms with E-state index in [1.54, 1.807) is 36.4 Å². The van der Waals surface area contributed by atoms with Crippen molar-refractivity contribution in [1.82, 2.24) is 0 Å². The van der Waals surface area contributed by atoms with E-state index in [9.17, 15) is 22.8 Å². The van der Waals surface area contributed by atoms with E-state index in [0.29, 0.717) is 30.2 Å². The van der Waals surface area contributed by atoms with Crippen LogP contribution in [0.2, 0.25) is 0 Å². The Morgan fingerprint density at radius 2 is 1.16 bits per heavy atom. The second-order valence-electron chi connectivity index (χ2n) is 8.10. The summed E-state index contributed by atoms with van der Waals surface area (Å²) >= 11 is 0. The molecule has 0 radical (unpaired) electrons. The number of para-hydroxylation sites is 1. The standard InChI is InChI=1S/C29H23F3N2O4/c30-29(31,32)22-7-5-9-24(19-22)34-28(36)21-6-4-8-23(18-21)33-27(35)20-12-14-26(15-13-20)38-17-16-37-25-10-2-1-3-11-25/h1-15,18-19H,16-17H2,(H,33,35)(H,34,36). The highest BCUT2D eigenvalue weighted by molar-refractivity contribution is 6.07. The average molecular weight is 521 g/mol. The van der Waals surface area contributed by atoms with Crippen LogP contribution in [0, 0.1) is 0 Å². The molecule has 0 unspecified atom stereocenters. The van der Waals surface area contributed by atoms with Gasteiger partial charge in [-0.1, -0.05) is 30.3 Å². The molecule has 0 heterocycles. The zero-order valence-electron chi connectivity index (χ0n) is 20.0. The van der Waals surface area contributed by atoms with Gasteiger partial charge in [-0.15, -0.1) is 0 Å². The number of anilines is 2. The van der Waals surface area contributed by atoms with Gasteiger partial charge in [0.15, 0.2) is 0 Å². The van der Waals surface area contributed by atoms with Crippen molar-refractivity contribution in [1.29, 1.82) is 0 Å². The van der Waals surface area contributed by atoms with E-state index in [1.807, 2.05) is 30.3 Å². The van der Waals surface area contributed by atoms with Gasteiger partial charge < -0.3 is 20.1 Å². The summed E-state index contributed by atoms with van der Waals surface area (Å²) < 4.78 is 50.0. The Balaban J connectivity index is 1.30. The predicted octanol–water partition coefficient (Wildman–Crippen LogP) is 6.67. The quantitative estimate of drug-likeness (QED) is 0.242. The van der Waals surface area contributed by atoms with Crippen LogP contribution >= 0.6 is 0 Å². The van der Waals surface area contributed by atoms with Gasteiger partial charge in [-0.2, -0.15) is 13.2 Å². The van der Waals surface area contributed by atoms with Crippen molar-refractivity contribution in [3.63, 3.8) is 0 Å². The minimum Gasteiger partial charge on any atom is -0.490 e. The number of carbonyl (C=O) groups excluding carboxylic acids is 2. The summed E-state index contributed by atoms with van der Waals surface area (Å²) in [6, 6.07) is 26.3. The van der Waals surface area contributed by atoms with Crippen LogP contribution in [0.3, 0.4) is 0 Å². The van der Waals surface area contributed by atoms with Crippen LogP contribution in [0.1, 0.15) is 26.3 Å². The maximum absolute atomic E-state index is 12.9. The number of hydrogen-bond donors (Lipinski definition) is 2. The van der Waals surface area contributed by atoms with Gasteiger partial charge in [0, 0.05) is 22.5 Å². The number of halogens is 3. The first-order valence-corrected chi connectivity index (χ1v) is 11.6. The van der Waals surface area contributed by atoms with Gasteiger partial charge in [0.05, 0.1) is 5.56 Å². The van der Waals surface area contributed by atoms with Gasteiger partial charge in [-0.05, 0) is 72.8 Å². The minimum absolute atomic E-state index is 0.00759. The third-order valence-electron chi connectivity index (χ3n) is 5.31. The van der Waals surface area contributed by atoms with Crippen LogP contribution < -0.4 is 20.1 Å². The van der Waals surface area contributed by atoms with E-state index in [4.69, 9.17) is 9.47 Å². The Labute approximate surface area is 217 Å². The second-order valence-corrected chi connectivity index (χ2v) is 8.10. The summed E-state index contributed by atoms with van der Waals surface area (Å²) in [5, 5.41) is 5.15. The maximum Gasteiger partial charge on any atom is 0.416 e. The molecular weight excluding hydrogens is 497 g/mol. The molecule has 0 aliphatic heterocycles. The van der Waals surface area contributed by atoms with Gasteiger partial charge in [-0.3, -0.25) is 9.59 Å². The maximum atomic E-state index is 12.9. The summed E-state index contributed by atoms with van der Waals surface area (Å²) in [6.07, 6.45) is -4.52. The first kappa shape index (κ1) is 26.3. The van der Waals surface area contributed by atoms with E-state index in [2.05, 4.69) is 10.6 Å². The van der Waals surface area contributed by atoms with Crippen molar-refractivity contribution in [2.75, 3.05) is 23.8 Å². The number of amides is 2. The fraction of sp³-hybridized carbons (Fsp3) is 0.103. The summed E-state index contributed by atoms with van der Waals surface area (Å²) in [5.41, 5.74) is 0.0323. The van der Waals surface area contributed by atoms with Crippen LogP contribution in [-0.4, -0.2) is 25.0 Å². The summed E-state index contributed by atoms with van der Waals surface area (Å²) in [5.74, 6) is 0.310. The molecule has 0 saturated carbocycles. The smallest absolute Gasteiger partial charge is 0.416 e. The number of hydrogen-bond acceptors (Lipinski definition) is 4. The third-order valence-corrected chi connectivity index (χ3v) is 5.31. The monoisotopic (exact) mass is 520 g/mol. The Hall–Kier alpha value is -4.79. The zero-order chi connectivity index (χ0) is 27.0. The van der Waals surface area contributed by atoms with Crippen molar-refractivity contribution in [2.24, 2.45) is 0 Å². The van der Waals surface area contributed by atoms with Crippen LogP contribution in [0.5, 0.6) is 11.5 Å². The molecule has 38 heavy (non-hydrogen) atoms. The molecule has 0 atom stereocenters. The van der Waals surface area contributed by atoms with Crippen molar-refractivity contribution in [2.45, 2.75) is 6.18 Å². The Bertz CT molecular complexity index is 1390. The summed E-state index contributed by atoms with van der Waals surface area (Å²) in [4.78, 5) is 25.2. The number of benzene rings is 4. The van der Waals surface area contributed by atoms with Crippen molar-refractivity contribution in [3.8, 4) is 11.5 Å². The second kappa shape index (κ2) is 12.0. The Morgan fingerprint density at radius 3 is 1.79 bits per heavy atom. The van der Waals surface area contributed by atoms with Gasteiger partial charge >= 0.3 is 6.18 Å². The van der Waals surface area contributed by atoms with Crippen molar-refractivity contribution in [3.05, 3.63) is 120 Å². The molecule has 194 valence electrons. The molecule has 9 heteroatoms. The number of ether oxygens (including phenoxy) is 2. The first-order valence-electron chi connectivity index (χ1n) is 11.6. The fourth-order valence-corrected chi connectivity index (χ4v) is 3.46. The van der Waals surface area contributed by atoms with Crippen LogP contribution in [0.25, 0.3) is 0 Å².